The van der Waals surface area contributed by atoms with Crippen LogP contribution in [0.15, 0.2) is 17.5 Å². The van der Waals surface area contributed by atoms with Gasteiger partial charge in [0, 0.05) is 16.7 Å². The summed E-state index contributed by atoms with van der Waals surface area (Å²) in [6.45, 7) is 3.45. The van der Waals surface area contributed by atoms with Crippen LogP contribution in [0.3, 0.4) is 0 Å². The first-order valence-electron chi connectivity index (χ1n) is 7.96. The minimum atomic E-state index is -4.08. The molecule has 0 aromatic carbocycles. The zero-order valence-electron chi connectivity index (χ0n) is 14.7. The van der Waals surface area contributed by atoms with E-state index in [9.17, 15) is 28.9 Å². The number of rotatable bonds is 6. The average Bonchev–Trinajstić information content (AvgIpc) is 3.17. The lowest BCUT2D eigenvalue weighted by Gasteiger charge is -2.45. The molecule has 3 heterocycles. The first-order valence-corrected chi connectivity index (χ1v) is 11.4. The van der Waals surface area contributed by atoms with Crippen molar-refractivity contribution in [2.45, 2.75) is 41.7 Å². The summed E-state index contributed by atoms with van der Waals surface area (Å²) in [5.74, 6) is -5.08. The molecule has 5 atom stereocenters. The number of hydrogen-bond donors (Lipinski definition) is 3. The molecule has 12 heteroatoms. The van der Waals surface area contributed by atoms with E-state index < -0.39 is 53.2 Å². The molecule has 2 saturated heterocycles. The molecule has 2 aliphatic rings. The summed E-state index contributed by atoms with van der Waals surface area (Å²) < 4.78 is 16.3. The van der Waals surface area contributed by atoms with Crippen molar-refractivity contribution in [3.8, 4) is 0 Å². The van der Waals surface area contributed by atoms with Gasteiger partial charge in [0.25, 0.3) is 0 Å². The van der Waals surface area contributed by atoms with Crippen molar-refractivity contribution < 1.29 is 33.5 Å². The lowest BCUT2D eigenvalue weighted by molar-refractivity contribution is -0.152. The highest BCUT2D eigenvalue weighted by Crippen LogP contribution is 2.64. The Morgan fingerprint density at radius 3 is 2.63 bits per heavy atom. The van der Waals surface area contributed by atoms with Crippen molar-refractivity contribution >= 4 is 48.5 Å². The molecular formula is C15H19N2O7PS2. The molecule has 1 aromatic rings. The minimum absolute atomic E-state index is 0.361. The lowest BCUT2D eigenvalue weighted by atomic mass is 10.0. The average molecular weight is 434 g/mol. The molecule has 3 rings (SSSR count). The van der Waals surface area contributed by atoms with Crippen LogP contribution in [0.4, 0.5) is 0 Å². The van der Waals surface area contributed by atoms with E-state index in [-0.39, 0.29) is 0 Å². The maximum Gasteiger partial charge on any atom is 0.351 e. The summed E-state index contributed by atoms with van der Waals surface area (Å²) in [6.07, 6.45) is 0. The van der Waals surface area contributed by atoms with Crippen LogP contribution < -0.4 is 5.32 Å². The van der Waals surface area contributed by atoms with E-state index in [2.05, 4.69) is 5.32 Å². The van der Waals surface area contributed by atoms with Gasteiger partial charge in [-0.1, -0.05) is 6.07 Å². The number of carboxylic acids is 1. The highest BCUT2D eigenvalue weighted by Gasteiger charge is 2.67. The first kappa shape index (κ1) is 20.3. The van der Waals surface area contributed by atoms with Crippen LogP contribution in [0.5, 0.6) is 0 Å². The highest BCUT2D eigenvalue weighted by molar-refractivity contribution is 8.02. The summed E-state index contributed by atoms with van der Waals surface area (Å²) in [7, 11) is -2.97. The van der Waals surface area contributed by atoms with Crippen LogP contribution in [-0.4, -0.2) is 61.7 Å². The third-order valence-electron chi connectivity index (χ3n) is 4.59. The maximum atomic E-state index is 12.6. The Morgan fingerprint density at radius 1 is 1.44 bits per heavy atom. The second-order valence-electron chi connectivity index (χ2n) is 6.75. The topological polar surface area (TPSA) is 133 Å². The van der Waals surface area contributed by atoms with Crippen molar-refractivity contribution in [2.24, 2.45) is 0 Å². The molecule has 0 bridgehead atoms. The van der Waals surface area contributed by atoms with E-state index in [1.807, 2.05) is 0 Å². The molecule has 2 amide bonds. The van der Waals surface area contributed by atoms with Crippen molar-refractivity contribution in [2.75, 3.05) is 7.11 Å². The zero-order valence-corrected chi connectivity index (χ0v) is 17.2. The number of hydrogen-bond acceptors (Lipinski definition) is 7. The Labute approximate surface area is 163 Å². The molecule has 1 aromatic heterocycles. The smallest absolute Gasteiger partial charge is 0.351 e. The summed E-state index contributed by atoms with van der Waals surface area (Å²) in [6, 6.07) is 2.23. The molecule has 4 unspecified atom stereocenters. The zero-order chi connectivity index (χ0) is 20.1. The number of carboxylic acid groups (broad SMARTS) is 1. The fourth-order valence-corrected chi connectivity index (χ4v) is 7.98. The number of thiophene rings is 1. The summed E-state index contributed by atoms with van der Waals surface area (Å²) >= 11 is 2.41. The van der Waals surface area contributed by atoms with Crippen molar-refractivity contribution in [1.29, 1.82) is 0 Å². The number of fused-ring (bicyclic) bond motifs is 1. The Morgan fingerprint density at radius 2 is 2.11 bits per heavy atom. The van der Waals surface area contributed by atoms with Gasteiger partial charge in [0.2, 0.25) is 11.8 Å². The first-order chi connectivity index (χ1) is 12.5. The van der Waals surface area contributed by atoms with Gasteiger partial charge >= 0.3 is 13.6 Å². The lowest BCUT2D eigenvalue weighted by Crippen LogP contribution is -2.69. The third-order valence-corrected chi connectivity index (χ3v) is 9.31. The molecule has 0 saturated carbocycles. The maximum absolute atomic E-state index is 12.6. The quantitative estimate of drug-likeness (QED) is 0.346. The number of thioether (sulfide) groups is 1. The van der Waals surface area contributed by atoms with E-state index in [0.717, 1.165) is 18.4 Å². The molecule has 2 aliphatic heterocycles. The predicted octanol–water partition coefficient (Wildman–Crippen LogP) is 1.25. The van der Waals surface area contributed by atoms with Gasteiger partial charge in [-0.15, -0.1) is 23.1 Å². The molecule has 2 fully saturated rings. The van der Waals surface area contributed by atoms with Crippen LogP contribution >= 0.6 is 30.7 Å². The predicted molar refractivity (Wildman–Crippen MR) is 99.6 cm³/mol. The second-order valence-corrected chi connectivity index (χ2v) is 11.5. The normalized spacial score (nSPS) is 29.4. The van der Waals surface area contributed by atoms with Crippen LogP contribution in [-0.2, 0) is 23.5 Å². The second kappa shape index (κ2) is 6.89. The standard InChI is InChI=1S/C15H19N2O7PS2/c1-15(2)14(25(22,23)24-3)17-11(19)9(12(17)27-15)16-10(18)8(13(20)21)7-5-4-6-26-7/h4-6,8-9,12,14H,1-3H3,(H,16,18)(H,20,21)(H,22,23)/t8?,9?,12-,14?/m1/s1. The number of carbonyl (C=O) groups excluding carboxylic acids is 2. The monoisotopic (exact) mass is 434 g/mol. The summed E-state index contributed by atoms with van der Waals surface area (Å²) in [5, 5.41) is 13.0. The van der Waals surface area contributed by atoms with E-state index in [4.69, 9.17) is 4.52 Å². The largest absolute Gasteiger partial charge is 0.480 e. The van der Waals surface area contributed by atoms with Crippen molar-refractivity contribution in [3.05, 3.63) is 22.4 Å². The van der Waals surface area contributed by atoms with Gasteiger partial charge in [-0.3, -0.25) is 18.9 Å². The molecule has 148 valence electrons. The Kier molecular flexibility index (Phi) is 5.19. The van der Waals surface area contributed by atoms with E-state index >= 15 is 0 Å². The number of nitrogens with one attached hydrogen (secondary N) is 1. The van der Waals surface area contributed by atoms with Crippen LogP contribution in [0, 0.1) is 0 Å². The summed E-state index contributed by atoms with van der Waals surface area (Å²) in [5.41, 5.74) is 0. The molecule has 0 aliphatic carbocycles. The fraction of sp³-hybridized carbons (Fsp3) is 0.533. The number of nitrogens with zero attached hydrogens (tertiary/aromatic N) is 1. The minimum Gasteiger partial charge on any atom is -0.480 e. The molecule has 27 heavy (non-hydrogen) atoms. The van der Waals surface area contributed by atoms with Gasteiger partial charge in [0.1, 0.15) is 17.2 Å². The molecule has 9 nitrogen and oxygen atoms in total. The van der Waals surface area contributed by atoms with Gasteiger partial charge in [-0.25, -0.2) is 0 Å². The van der Waals surface area contributed by atoms with E-state index in [1.165, 1.54) is 16.7 Å². The van der Waals surface area contributed by atoms with Crippen molar-refractivity contribution in [1.82, 2.24) is 10.2 Å². The Hall–Kier alpha value is -1.39. The molecule has 3 N–H and O–H groups in total. The van der Waals surface area contributed by atoms with Crippen LogP contribution in [0.25, 0.3) is 0 Å². The SMILES string of the molecule is COP(=O)(O)C1N2C(=O)C(NC(=O)C(C(=O)O)c3cccs3)[C@H]2SC1(C)C. The van der Waals surface area contributed by atoms with Crippen LogP contribution in [0.1, 0.15) is 24.6 Å². The fourth-order valence-electron chi connectivity index (χ4n) is 3.42. The number of β-lactam (4-membered cyclic amide) rings is 1. The van der Waals surface area contributed by atoms with Gasteiger partial charge in [-0.2, -0.15) is 0 Å². The number of aliphatic carboxylic acids is 1. The highest BCUT2D eigenvalue weighted by atomic mass is 32.2. The van der Waals surface area contributed by atoms with E-state index in [1.54, 1.807) is 31.4 Å². The summed E-state index contributed by atoms with van der Waals surface area (Å²) in [4.78, 5) is 48.4. The van der Waals surface area contributed by atoms with Crippen LogP contribution in [0.2, 0.25) is 0 Å². The molecular weight excluding hydrogens is 415 g/mol. The third kappa shape index (κ3) is 3.31. The van der Waals surface area contributed by atoms with Gasteiger partial charge in [-0.05, 0) is 25.3 Å². The molecule has 0 radical (unpaired) electrons. The molecule has 0 spiro atoms. The number of amides is 2. The van der Waals surface area contributed by atoms with Gasteiger partial charge < -0.3 is 24.7 Å². The Balaban J connectivity index is 1.79. The van der Waals surface area contributed by atoms with Gasteiger partial charge in [0.15, 0.2) is 5.92 Å². The van der Waals surface area contributed by atoms with Gasteiger partial charge in [0.05, 0.1) is 0 Å². The number of carbonyl (C=O) groups is 3. The van der Waals surface area contributed by atoms with E-state index in [0.29, 0.717) is 4.88 Å². The van der Waals surface area contributed by atoms with Crippen molar-refractivity contribution in [3.63, 3.8) is 0 Å². The Bertz CT molecular complexity index is 828.